The molecule has 0 amide bonds. The van der Waals surface area contributed by atoms with E-state index in [0.717, 1.165) is 14.7 Å². The number of hydrogen-bond acceptors (Lipinski definition) is 7. The number of nitrogens with zero attached hydrogens (tertiary/aromatic N) is 2. The molecule has 5 rings (SSSR count). The number of allylic oxidation sites excluding steroid dienone is 1. The van der Waals surface area contributed by atoms with Crippen molar-refractivity contribution in [3.05, 3.63) is 122 Å². The van der Waals surface area contributed by atoms with Gasteiger partial charge in [-0.3, -0.25) is 9.36 Å². The van der Waals surface area contributed by atoms with Crippen molar-refractivity contribution in [2.24, 2.45) is 4.99 Å². The maximum absolute atomic E-state index is 14.1. The Hall–Kier alpha value is -3.12. The van der Waals surface area contributed by atoms with Crippen LogP contribution >= 0.6 is 57.1 Å². The van der Waals surface area contributed by atoms with E-state index >= 15 is 0 Å². The van der Waals surface area contributed by atoms with Crippen molar-refractivity contribution in [2.75, 3.05) is 13.2 Å². The summed E-state index contributed by atoms with van der Waals surface area (Å²) in [7, 11) is 0. The summed E-state index contributed by atoms with van der Waals surface area (Å²) in [6.07, 6.45) is 1.75. The van der Waals surface area contributed by atoms with Gasteiger partial charge in [0, 0.05) is 15.6 Å². The van der Waals surface area contributed by atoms with E-state index in [0.29, 0.717) is 54.3 Å². The average molecular weight is 749 g/mol. The predicted molar refractivity (Wildman–Crippen MR) is 178 cm³/mol. The van der Waals surface area contributed by atoms with Crippen LogP contribution in [0.5, 0.6) is 11.5 Å². The topological polar surface area (TPSA) is 79.1 Å². The Morgan fingerprint density at radius 3 is 2.51 bits per heavy atom. The Balaban J connectivity index is 1.63. The van der Waals surface area contributed by atoms with Crippen LogP contribution < -0.4 is 24.4 Å². The smallest absolute Gasteiger partial charge is 0.338 e. The third kappa shape index (κ3) is 6.85. The maximum Gasteiger partial charge on any atom is 0.338 e. The largest absolute Gasteiger partial charge is 0.494 e. The first-order valence-electron chi connectivity index (χ1n) is 13.5. The van der Waals surface area contributed by atoms with Gasteiger partial charge in [0.05, 0.1) is 38.6 Å². The molecule has 11 heteroatoms. The van der Waals surface area contributed by atoms with Gasteiger partial charge in [0.2, 0.25) is 0 Å². The number of esters is 1. The van der Waals surface area contributed by atoms with Crippen molar-refractivity contribution in [2.45, 2.75) is 33.4 Å². The SMILES string of the molecule is CCOC(=O)C1=C(C)N=c2s/c(=C\c3cc(Cl)cc(I)c3OCc3cccc(Cl)c3)c(=O)n2[C@H]1c1ccc(OCC)cc1. The summed E-state index contributed by atoms with van der Waals surface area (Å²) < 4.78 is 20.0. The first kappa shape index (κ1) is 31.3. The molecule has 0 N–H and O–H groups in total. The van der Waals surface area contributed by atoms with Gasteiger partial charge in [-0.05, 0) is 97.0 Å². The summed E-state index contributed by atoms with van der Waals surface area (Å²) in [5.74, 6) is 0.762. The molecule has 1 aliphatic rings. The van der Waals surface area contributed by atoms with Gasteiger partial charge in [0.1, 0.15) is 18.1 Å². The lowest BCUT2D eigenvalue weighted by atomic mass is 9.96. The normalized spacial score (nSPS) is 14.7. The van der Waals surface area contributed by atoms with Crippen LogP contribution in [0, 0.1) is 3.57 Å². The monoisotopic (exact) mass is 748 g/mol. The van der Waals surface area contributed by atoms with Crippen molar-refractivity contribution in [1.29, 1.82) is 0 Å². The van der Waals surface area contributed by atoms with E-state index in [-0.39, 0.29) is 18.8 Å². The molecule has 222 valence electrons. The van der Waals surface area contributed by atoms with Crippen LogP contribution in [0.4, 0.5) is 0 Å². The Kier molecular flexibility index (Phi) is 9.95. The fourth-order valence-corrected chi connectivity index (χ4v) is 7.25. The third-order valence-electron chi connectivity index (χ3n) is 6.62. The van der Waals surface area contributed by atoms with E-state index in [1.807, 2.05) is 49.4 Å². The molecule has 1 atom stereocenters. The second-order valence-corrected chi connectivity index (χ2v) is 12.6. The van der Waals surface area contributed by atoms with Gasteiger partial charge in [0.25, 0.3) is 5.56 Å². The van der Waals surface area contributed by atoms with Gasteiger partial charge in [-0.15, -0.1) is 0 Å². The minimum Gasteiger partial charge on any atom is -0.494 e. The first-order valence-corrected chi connectivity index (χ1v) is 16.1. The third-order valence-corrected chi connectivity index (χ3v) is 8.86. The minimum atomic E-state index is -0.730. The Labute approximate surface area is 276 Å². The standard InChI is InChI=1S/C32H27Cl2IN2O5S/c1-4-40-24-11-9-20(10-12-24)28-27(31(39)41-5-2)18(3)36-32-37(28)30(38)26(43-32)15-21-14-23(34)16-25(35)29(21)42-17-19-7-6-8-22(33)13-19/h6-16,28H,4-5,17H2,1-3H3/b26-15-/t28-/m0/s1. The van der Waals surface area contributed by atoms with Gasteiger partial charge in [0.15, 0.2) is 4.80 Å². The van der Waals surface area contributed by atoms with Crippen molar-refractivity contribution >= 4 is 69.2 Å². The van der Waals surface area contributed by atoms with Crippen molar-refractivity contribution in [3.8, 4) is 11.5 Å². The second-order valence-electron chi connectivity index (χ2n) is 9.53. The molecule has 0 aliphatic carbocycles. The molecule has 3 aromatic carbocycles. The molecular formula is C32H27Cl2IN2O5S. The first-order chi connectivity index (χ1) is 20.7. The lowest BCUT2D eigenvalue weighted by molar-refractivity contribution is -0.139. The number of aromatic nitrogens is 1. The van der Waals surface area contributed by atoms with Gasteiger partial charge >= 0.3 is 5.97 Å². The molecular weight excluding hydrogens is 722 g/mol. The van der Waals surface area contributed by atoms with Crippen LogP contribution in [0.2, 0.25) is 10.0 Å². The highest BCUT2D eigenvalue weighted by molar-refractivity contribution is 14.1. The number of hydrogen-bond donors (Lipinski definition) is 0. The van der Waals surface area contributed by atoms with E-state index in [1.165, 1.54) is 11.3 Å². The van der Waals surface area contributed by atoms with Gasteiger partial charge in [-0.25, -0.2) is 9.79 Å². The second kappa shape index (κ2) is 13.7. The van der Waals surface area contributed by atoms with Crippen LogP contribution in [0.3, 0.4) is 0 Å². The van der Waals surface area contributed by atoms with Crippen molar-refractivity contribution in [3.63, 3.8) is 0 Å². The fourth-order valence-electron chi connectivity index (χ4n) is 4.78. The number of fused-ring (bicyclic) bond motifs is 1. The molecule has 0 saturated heterocycles. The number of benzene rings is 3. The highest BCUT2D eigenvalue weighted by Crippen LogP contribution is 2.33. The molecule has 0 unspecified atom stereocenters. The molecule has 2 heterocycles. The number of halogens is 3. The van der Waals surface area contributed by atoms with E-state index in [2.05, 4.69) is 27.6 Å². The Morgan fingerprint density at radius 1 is 1.05 bits per heavy atom. The van der Waals surface area contributed by atoms with Crippen molar-refractivity contribution < 1.29 is 19.0 Å². The molecule has 1 aliphatic heterocycles. The fraction of sp³-hybridized carbons (Fsp3) is 0.219. The zero-order valence-corrected chi connectivity index (χ0v) is 28.0. The Morgan fingerprint density at radius 2 is 1.81 bits per heavy atom. The number of carbonyl (C=O) groups is 1. The van der Waals surface area contributed by atoms with Crippen LogP contribution in [0.15, 0.2) is 81.7 Å². The van der Waals surface area contributed by atoms with Crippen LogP contribution in [0.1, 0.15) is 43.5 Å². The number of carbonyl (C=O) groups excluding carboxylic acids is 1. The van der Waals surface area contributed by atoms with E-state index in [9.17, 15) is 9.59 Å². The maximum atomic E-state index is 14.1. The van der Waals surface area contributed by atoms with E-state index in [1.54, 1.807) is 42.7 Å². The predicted octanol–water partition coefficient (Wildman–Crippen LogP) is 6.69. The number of rotatable bonds is 9. The van der Waals surface area contributed by atoms with Crippen molar-refractivity contribution in [1.82, 2.24) is 4.57 Å². The number of ether oxygens (including phenoxy) is 3. The van der Waals surface area contributed by atoms with E-state index in [4.69, 9.17) is 37.4 Å². The molecule has 0 radical (unpaired) electrons. The molecule has 0 fully saturated rings. The molecule has 1 aromatic heterocycles. The molecule has 43 heavy (non-hydrogen) atoms. The zero-order valence-electron chi connectivity index (χ0n) is 23.5. The van der Waals surface area contributed by atoms with Gasteiger partial charge < -0.3 is 14.2 Å². The summed E-state index contributed by atoms with van der Waals surface area (Å²) in [6, 6.07) is 17.6. The van der Waals surface area contributed by atoms with Crippen LogP contribution in [-0.4, -0.2) is 23.8 Å². The molecule has 0 saturated carbocycles. The lowest BCUT2D eigenvalue weighted by Crippen LogP contribution is -2.39. The zero-order chi connectivity index (χ0) is 30.7. The van der Waals surface area contributed by atoms with Gasteiger partial charge in [-0.2, -0.15) is 0 Å². The quantitative estimate of drug-likeness (QED) is 0.141. The minimum absolute atomic E-state index is 0.196. The molecule has 0 bridgehead atoms. The molecule has 7 nitrogen and oxygen atoms in total. The molecule has 4 aromatic rings. The van der Waals surface area contributed by atoms with Crippen LogP contribution in [-0.2, 0) is 16.1 Å². The molecule has 0 spiro atoms. The number of thiazole rings is 1. The highest BCUT2D eigenvalue weighted by atomic mass is 127. The van der Waals surface area contributed by atoms with Gasteiger partial charge in [-0.1, -0.05) is 58.8 Å². The van der Waals surface area contributed by atoms with Crippen LogP contribution in [0.25, 0.3) is 6.08 Å². The summed E-state index contributed by atoms with van der Waals surface area (Å²) >= 11 is 16.0. The van der Waals surface area contributed by atoms with E-state index < -0.39 is 12.0 Å². The lowest BCUT2D eigenvalue weighted by Gasteiger charge is -2.24. The average Bonchev–Trinajstić information content (AvgIpc) is 3.26. The summed E-state index contributed by atoms with van der Waals surface area (Å²) in [5.41, 5.74) is 2.79. The summed E-state index contributed by atoms with van der Waals surface area (Å²) in [6.45, 7) is 6.40. The summed E-state index contributed by atoms with van der Waals surface area (Å²) in [4.78, 5) is 32.4. The highest BCUT2D eigenvalue weighted by Gasteiger charge is 2.33. The Bertz CT molecular complexity index is 1900. The summed E-state index contributed by atoms with van der Waals surface area (Å²) in [5, 5.41) is 1.12.